The van der Waals surface area contributed by atoms with Crippen LogP contribution in [0.5, 0.6) is 0 Å². The Balaban J connectivity index is 2.15. The third-order valence-corrected chi connectivity index (χ3v) is 5.73. The van der Waals surface area contributed by atoms with E-state index in [9.17, 15) is 17.2 Å². The molecule has 0 bridgehead atoms. The number of nitrogens with zero attached hydrogens (tertiary/aromatic N) is 1. The van der Waals surface area contributed by atoms with Gasteiger partial charge in [-0.25, -0.2) is 13.4 Å². The summed E-state index contributed by atoms with van der Waals surface area (Å²) in [5, 5.41) is 0. The van der Waals surface area contributed by atoms with Crippen LogP contribution in [0.2, 0.25) is 0 Å². The van der Waals surface area contributed by atoms with Gasteiger partial charge in [-0.05, 0) is 30.7 Å². The van der Waals surface area contributed by atoms with Crippen LogP contribution in [0.25, 0.3) is 10.2 Å². The van der Waals surface area contributed by atoms with Crippen LogP contribution >= 0.6 is 23.1 Å². The molecule has 0 fully saturated rings. The van der Waals surface area contributed by atoms with Crippen molar-refractivity contribution in [1.29, 1.82) is 0 Å². The average molecular weight is 335 g/mol. The molecule has 0 aliphatic heterocycles. The highest BCUT2D eigenvalue weighted by molar-refractivity contribution is 8.01. The van der Waals surface area contributed by atoms with Crippen LogP contribution in [0.4, 0.5) is 8.78 Å². The van der Waals surface area contributed by atoms with Crippen molar-refractivity contribution in [3.63, 3.8) is 0 Å². The normalized spacial score (nSPS) is 11.8. The molecule has 0 N–H and O–H groups in total. The van der Waals surface area contributed by atoms with E-state index in [2.05, 4.69) is 4.98 Å². The van der Waals surface area contributed by atoms with Crippen molar-refractivity contribution in [3.05, 3.63) is 30.4 Å². The molecule has 0 radical (unpaired) electrons. The van der Waals surface area contributed by atoms with Crippen molar-refractivity contribution in [2.75, 3.05) is 12.0 Å². The van der Waals surface area contributed by atoms with Gasteiger partial charge in [0, 0.05) is 12.0 Å². The van der Waals surface area contributed by atoms with Crippen molar-refractivity contribution < 1.29 is 17.2 Å². The zero-order chi connectivity index (χ0) is 14.8. The van der Waals surface area contributed by atoms with Gasteiger partial charge in [0.1, 0.15) is 0 Å². The fourth-order valence-corrected chi connectivity index (χ4v) is 4.14. The molecule has 0 saturated carbocycles. The van der Waals surface area contributed by atoms with Gasteiger partial charge in [0.05, 0.1) is 15.1 Å². The summed E-state index contributed by atoms with van der Waals surface area (Å²) in [5.74, 6) is 0.510. The number of benzene rings is 1. The van der Waals surface area contributed by atoms with Crippen molar-refractivity contribution >= 4 is 43.2 Å². The molecule has 0 aliphatic carbocycles. The summed E-state index contributed by atoms with van der Waals surface area (Å²) >= 11 is 2.81. The lowest BCUT2D eigenvalue weighted by Crippen LogP contribution is -1.95. The molecule has 20 heavy (non-hydrogen) atoms. The lowest BCUT2D eigenvalue weighted by atomic mass is 10.3. The van der Waals surface area contributed by atoms with E-state index in [0.717, 1.165) is 21.4 Å². The quantitative estimate of drug-likeness (QED) is 0.613. The zero-order valence-electron chi connectivity index (χ0n) is 10.5. The fraction of sp³-hybridized carbons (Fsp3) is 0.250. The first-order valence-electron chi connectivity index (χ1n) is 5.61. The van der Waals surface area contributed by atoms with Crippen LogP contribution in [-0.4, -0.2) is 25.4 Å². The molecule has 1 aromatic carbocycles. The minimum Gasteiger partial charge on any atom is -0.230 e. The molecule has 8 heteroatoms. The van der Waals surface area contributed by atoms with Crippen LogP contribution in [0.3, 0.4) is 0 Å². The van der Waals surface area contributed by atoms with Crippen molar-refractivity contribution in [2.45, 2.75) is 15.7 Å². The highest BCUT2D eigenvalue weighted by Crippen LogP contribution is 2.31. The third-order valence-electron chi connectivity index (χ3n) is 2.41. The number of allylic oxidation sites excluding steroid dienone is 1. The van der Waals surface area contributed by atoms with Crippen LogP contribution < -0.4 is 0 Å². The molecule has 0 atom stereocenters. The van der Waals surface area contributed by atoms with Crippen LogP contribution in [0, 0.1) is 0 Å². The molecule has 0 amide bonds. The Labute approximate surface area is 123 Å². The minimum absolute atomic E-state index is 0.231. The first-order chi connectivity index (χ1) is 9.36. The Kier molecular flexibility index (Phi) is 4.77. The second-order valence-corrected chi connectivity index (χ2v) is 8.40. The maximum Gasteiger partial charge on any atom is 0.266 e. The monoisotopic (exact) mass is 335 g/mol. The van der Waals surface area contributed by atoms with Crippen molar-refractivity contribution in [1.82, 2.24) is 4.98 Å². The number of halogens is 2. The van der Waals surface area contributed by atoms with Gasteiger partial charge < -0.3 is 0 Å². The molecule has 1 heterocycles. The van der Waals surface area contributed by atoms with Gasteiger partial charge in [-0.15, -0.1) is 11.3 Å². The number of hydrogen-bond donors (Lipinski definition) is 0. The molecule has 2 rings (SSSR count). The van der Waals surface area contributed by atoms with Gasteiger partial charge in [-0.1, -0.05) is 11.8 Å². The van der Waals surface area contributed by atoms with E-state index in [1.807, 2.05) is 0 Å². The molecule has 0 aliphatic rings. The first-order valence-corrected chi connectivity index (χ1v) is 9.30. The van der Waals surface area contributed by atoms with E-state index in [4.69, 9.17) is 0 Å². The number of thiazole rings is 1. The number of rotatable bonds is 5. The van der Waals surface area contributed by atoms with E-state index in [0.29, 0.717) is 11.3 Å². The van der Waals surface area contributed by atoms with E-state index >= 15 is 0 Å². The molecular weight excluding hydrogens is 324 g/mol. The van der Waals surface area contributed by atoms with Crippen LogP contribution in [0.1, 0.15) is 6.42 Å². The minimum atomic E-state index is -3.25. The maximum atomic E-state index is 11.9. The predicted molar refractivity (Wildman–Crippen MR) is 78.4 cm³/mol. The van der Waals surface area contributed by atoms with Crippen LogP contribution in [0.15, 0.2) is 39.6 Å². The Morgan fingerprint density at radius 3 is 2.85 bits per heavy atom. The summed E-state index contributed by atoms with van der Waals surface area (Å²) in [4.78, 5) is 4.54. The standard InChI is InChI=1S/C12H11F2NO2S3/c1-20(16,17)8-4-5-10-9(7-8)15-12(19-10)18-6-2-3-11(13)14/h3-5,7H,2,6H2,1H3. The number of hydrogen-bond acceptors (Lipinski definition) is 5. The van der Waals surface area contributed by atoms with E-state index in [1.165, 1.54) is 29.2 Å². The highest BCUT2D eigenvalue weighted by Gasteiger charge is 2.10. The van der Waals surface area contributed by atoms with Gasteiger partial charge in [-0.3, -0.25) is 0 Å². The van der Waals surface area contributed by atoms with Gasteiger partial charge >= 0.3 is 0 Å². The van der Waals surface area contributed by atoms with E-state index < -0.39 is 15.9 Å². The Morgan fingerprint density at radius 1 is 1.45 bits per heavy atom. The van der Waals surface area contributed by atoms with Crippen molar-refractivity contribution in [3.8, 4) is 0 Å². The second kappa shape index (κ2) is 6.19. The maximum absolute atomic E-state index is 11.9. The summed E-state index contributed by atoms with van der Waals surface area (Å²) < 4.78 is 48.3. The zero-order valence-corrected chi connectivity index (χ0v) is 12.9. The van der Waals surface area contributed by atoms with Crippen molar-refractivity contribution in [2.24, 2.45) is 0 Å². The molecule has 0 saturated heterocycles. The fourth-order valence-electron chi connectivity index (χ4n) is 1.49. The number of sulfone groups is 1. The number of fused-ring (bicyclic) bond motifs is 1. The Hall–Kier alpha value is -0.990. The summed E-state index contributed by atoms with van der Waals surface area (Å²) in [6, 6.07) is 4.80. The highest BCUT2D eigenvalue weighted by atomic mass is 32.2. The van der Waals surface area contributed by atoms with Gasteiger partial charge in [0.25, 0.3) is 6.08 Å². The Bertz CT molecular complexity index is 749. The largest absolute Gasteiger partial charge is 0.266 e. The summed E-state index contributed by atoms with van der Waals surface area (Å²) in [5.41, 5.74) is 0.618. The summed E-state index contributed by atoms with van der Waals surface area (Å²) in [7, 11) is -3.25. The lowest BCUT2D eigenvalue weighted by molar-refractivity contribution is 0.418. The van der Waals surface area contributed by atoms with Gasteiger partial charge in [-0.2, -0.15) is 8.78 Å². The SMILES string of the molecule is CS(=O)(=O)c1ccc2sc(SCCC=C(F)F)nc2c1. The number of aromatic nitrogens is 1. The molecule has 108 valence electrons. The van der Waals surface area contributed by atoms with Gasteiger partial charge in [0.2, 0.25) is 0 Å². The first kappa shape index (κ1) is 15.4. The van der Waals surface area contributed by atoms with Gasteiger partial charge in [0.15, 0.2) is 14.2 Å². The molecule has 3 nitrogen and oxygen atoms in total. The third kappa shape index (κ3) is 4.00. The molecule has 2 aromatic rings. The van der Waals surface area contributed by atoms with E-state index in [-0.39, 0.29) is 11.3 Å². The molecule has 0 spiro atoms. The molecule has 0 unspecified atom stereocenters. The Morgan fingerprint density at radius 2 is 2.20 bits per heavy atom. The molecule has 1 aromatic heterocycles. The lowest BCUT2D eigenvalue weighted by Gasteiger charge is -1.96. The molecular formula is C12H11F2NO2S3. The van der Waals surface area contributed by atoms with Crippen LogP contribution in [-0.2, 0) is 9.84 Å². The second-order valence-electron chi connectivity index (χ2n) is 4.01. The smallest absolute Gasteiger partial charge is 0.230 e. The summed E-state index contributed by atoms with van der Waals surface area (Å²) in [6.07, 6.45) is 0.626. The topological polar surface area (TPSA) is 47.0 Å². The van der Waals surface area contributed by atoms with E-state index in [1.54, 1.807) is 12.1 Å². The number of thioether (sulfide) groups is 1. The summed E-state index contributed by atoms with van der Waals surface area (Å²) in [6.45, 7) is 0. The predicted octanol–water partition coefficient (Wildman–Crippen LogP) is 3.96. The average Bonchev–Trinajstić information content (AvgIpc) is 2.74.